The topological polar surface area (TPSA) is 91.3 Å². The Labute approximate surface area is 218 Å². The molecule has 7 nitrogen and oxygen atoms in total. The van der Waals surface area contributed by atoms with Gasteiger partial charge in [-0.05, 0) is 57.2 Å². The molecule has 192 valence electrons. The van der Waals surface area contributed by atoms with E-state index in [2.05, 4.69) is 16.0 Å². The van der Waals surface area contributed by atoms with Crippen LogP contribution in [0.25, 0.3) is 27.6 Å². The van der Waals surface area contributed by atoms with Crippen LogP contribution in [-0.2, 0) is 18.0 Å². The van der Waals surface area contributed by atoms with Crippen molar-refractivity contribution < 1.29 is 13.5 Å². The quantitative estimate of drug-likeness (QED) is 0.519. The lowest BCUT2D eigenvalue weighted by Gasteiger charge is -2.23. The van der Waals surface area contributed by atoms with Gasteiger partial charge >= 0.3 is 0 Å². The van der Waals surface area contributed by atoms with Crippen molar-refractivity contribution in [3.63, 3.8) is 0 Å². The Morgan fingerprint density at radius 2 is 1.78 bits per heavy atom. The summed E-state index contributed by atoms with van der Waals surface area (Å²) in [5, 5.41) is 10.4. The summed E-state index contributed by atoms with van der Waals surface area (Å²) >= 11 is 1.41. The van der Waals surface area contributed by atoms with Gasteiger partial charge in [0.05, 0.1) is 18.8 Å². The number of nitrogens with zero attached hydrogens (tertiary/aromatic N) is 5. The highest BCUT2D eigenvalue weighted by molar-refractivity contribution is 7.99. The van der Waals surface area contributed by atoms with Gasteiger partial charge in [0.1, 0.15) is 17.4 Å². The molecule has 4 heterocycles. The minimum atomic E-state index is -0.629. The lowest BCUT2D eigenvalue weighted by molar-refractivity contribution is 0.135. The SMILES string of the molecule is CN(C)C.N#CC1=C(N)CSc2ccc(F)c(-c3c4c(c5cnc(N6CCCC6)nc5c3F)COC4)c21. The number of nitriles is 1. The van der Waals surface area contributed by atoms with Crippen LogP contribution in [0, 0.1) is 23.0 Å². The number of anilines is 1. The smallest absolute Gasteiger partial charge is 0.225 e. The number of aromatic nitrogens is 2. The molecule has 0 amide bonds. The van der Waals surface area contributed by atoms with Gasteiger partial charge in [-0.1, -0.05) is 0 Å². The predicted octanol–water partition coefficient (Wildman–Crippen LogP) is 4.68. The van der Waals surface area contributed by atoms with E-state index in [1.54, 1.807) is 12.3 Å². The second-order valence-corrected chi connectivity index (χ2v) is 10.7. The number of thioether (sulfide) groups is 1. The van der Waals surface area contributed by atoms with Gasteiger partial charge in [0.2, 0.25) is 5.95 Å². The zero-order valence-corrected chi connectivity index (χ0v) is 21.9. The Morgan fingerprint density at radius 1 is 1.08 bits per heavy atom. The Bertz CT molecular complexity index is 1460. The van der Waals surface area contributed by atoms with E-state index in [1.165, 1.54) is 17.8 Å². The summed E-state index contributed by atoms with van der Waals surface area (Å²) in [6.07, 6.45) is 3.72. The third-order valence-corrected chi connectivity index (χ3v) is 7.62. The second-order valence-electron chi connectivity index (χ2n) is 9.70. The van der Waals surface area contributed by atoms with E-state index in [0.717, 1.165) is 31.5 Å². The molecule has 3 aliphatic rings. The van der Waals surface area contributed by atoms with Crippen LogP contribution < -0.4 is 10.6 Å². The maximum absolute atomic E-state index is 16.3. The molecule has 0 aliphatic carbocycles. The summed E-state index contributed by atoms with van der Waals surface area (Å²) in [6, 6.07) is 5.04. The highest BCUT2D eigenvalue weighted by atomic mass is 32.2. The van der Waals surface area contributed by atoms with Gasteiger partial charge in [-0.2, -0.15) is 5.26 Å². The number of allylic oxidation sites excluding steroid dienone is 1. The summed E-state index contributed by atoms with van der Waals surface area (Å²) in [4.78, 5) is 13.8. The minimum Gasteiger partial charge on any atom is -0.400 e. The van der Waals surface area contributed by atoms with Crippen molar-refractivity contribution in [1.82, 2.24) is 14.9 Å². The van der Waals surface area contributed by atoms with E-state index >= 15 is 8.78 Å². The normalized spacial score (nSPS) is 16.5. The van der Waals surface area contributed by atoms with Gasteiger partial charge in [-0.3, -0.25) is 0 Å². The van der Waals surface area contributed by atoms with Crippen LogP contribution >= 0.6 is 11.8 Å². The molecule has 0 radical (unpaired) electrons. The zero-order chi connectivity index (χ0) is 26.3. The fourth-order valence-corrected chi connectivity index (χ4v) is 5.89. The molecule has 2 N–H and O–H groups in total. The molecule has 0 atom stereocenters. The molecule has 1 aromatic heterocycles. The van der Waals surface area contributed by atoms with Crippen molar-refractivity contribution in [2.75, 3.05) is 44.9 Å². The highest BCUT2D eigenvalue weighted by Crippen LogP contribution is 2.47. The number of hydrogen-bond donors (Lipinski definition) is 1. The number of hydrogen-bond acceptors (Lipinski definition) is 8. The maximum Gasteiger partial charge on any atom is 0.225 e. The number of fused-ring (bicyclic) bond motifs is 4. The lowest BCUT2D eigenvalue weighted by Crippen LogP contribution is -2.20. The standard InChI is InChI=1S/C24H19F2N5OS.C3H9N/c25-16-3-4-18-19(12(7-27)17(28)11-33-18)21(16)20-15-10-32-9-14(15)13-8-29-24(30-23(13)22(20)26)31-5-1-2-6-31;1-4(2)3/h3-4,8H,1-2,5-6,9-11,28H2;1-3H3. The molecule has 0 spiro atoms. The number of benzene rings is 2. The van der Waals surface area contributed by atoms with Crippen LogP contribution in [-0.4, -0.2) is 54.9 Å². The van der Waals surface area contributed by atoms with Crippen molar-refractivity contribution in [2.24, 2.45) is 5.73 Å². The Hall–Kier alpha value is -3.26. The molecule has 37 heavy (non-hydrogen) atoms. The first kappa shape index (κ1) is 25.4. The first-order valence-corrected chi connectivity index (χ1v) is 13.1. The fraction of sp³-hybridized carbons (Fsp3) is 0.370. The van der Waals surface area contributed by atoms with Crippen molar-refractivity contribution >= 4 is 34.2 Å². The summed E-state index contributed by atoms with van der Waals surface area (Å²) in [5.74, 6) is -0.347. The summed E-state index contributed by atoms with van der Waals surface area (Å²) in [5.41, 5.74) is 8.58. The predicted molar refractivity (Wildman–Crippen MR) is 142 cm³/mol. The average molecular weight is 523 g/mol. The summed E-state index contributed by atoms with van der Waals surface area (Å²) in [7, 11) is 6.00. The second kappa shape index (κ2) is 10.2. The van der Waals surface area contributed by atoms with Gasteiger partial charge in [-0.15, -0.1) is 11.8 Å². The first-order chi connectivity index (χ1) is 17.8. The number of ether oxygens (including phenoxy) is 1. The van der Waals surface area contributed by atoms with Crippen LogP contribution in [0.5, 0.6) is 0 Å². The molecule has 3 aromatic rings. The van der Waals surface area contributed by atoms with Crippen LogP contribution in [0.4, 0.5) is 14.7 Å². The van der Waals surface area contributed by atoms with Crippen LogP contribution in [0.1, 0.15) is 29.5 Å². The molecular formula is C27H28F2N6OS. The third-order valence-electron chi connectivity index (χ3n) is 6.51. The number of nitrogens with two attached hydrogens (primary N) is 1. The molecule has 10 heteroatoms. The maximum atomic E-state index is 16.3. The van der Waals surface area contributed by atoms with E-state index in [-0.39, 0.29) is 35.4 Å². The lowest BCUT2D eigenvalue weighted by atomic mass is 9.87. The zero-order valence-electron chi connectivity index (χ0n) is 21.1. The van der Waals surface area contributed by atoms with Gasteiger partial charge in [0.15, 0.2) is 5.82 Å². The Kier molecular flexibility index (Phi) is 7.03. The fourth-order valence-electron chi connectivity index (χ4n) is 4.92. The van der Waals surface area contributed by atoms with E-state index in [9.17, 15) is 5.26 Å². The van der Waals surface area contributed by atoms with Crippen molar-refractivity contribution in [1.29, 1.82) is 5.26 Å². The summed E-state index contributed by atoms with van der Waals surface area (Å²) < 4.78 is 37.4. The molecule has 0 bridgehead atoms. The van der Waals surface area contributed by atoms with Crippen molar-refractivity contribution in [3.8, 4) is 17.2 Å². The highest BCUT2D eigenvalue weighted by Gasteiger charge is 2.32. The van der Waals surface area contributed by atoms with E-state index in [1.807, 2.05) is 30.9 Å². The van der Waals surface area contributed by atoms with Gasteiger partial charge < -0.3 is 20.3 Å². The molecule has 3 aliphatic heterocycles. The van der Waals surface area contributed by atoms with Crippen molar-refractivity contribution in [2.45, 2.75) is 31.0 Å². The number of rotatable bonds is 2. The van der Waals surface area contributed by atoms with Gasteiger partial charge in [0, 0.05) is 57.7 Å². The molecule has 1 fully saturated rings. The molecule has 0 saturated carbocycles. The van der Waals surface area contributed by atoms with Crippen LogP contribution in [0.2, 0.25) is 0 Å². The van der Waals surface area contributed by atoms with E-state index in [4.69, 9.17) is 10.5 Å². The third kappa shape index (κ3) is 4.52. The summed E-state index contributed by atoms with van der Waals surface area (Å²) in [6.45, 7) is 2.05. The molecule has 0 unspecified atom stereocenters. The monoisotopic (exact) mass is 522 g/mol. The van der Waals surface area contributed by atoms with E-state index < -0.39 is 11.6 Å². The molecule has 1 saturated heterocycles. The Balaban J connectivity index is 0.000000655. The molecule has 2 aromatic carbocycles. The largest absolute Gasteiger partial charge is 0.400 e. The molecular weight excluding hydrogens is 494 g/mol. The first-order valence-electron chi connectivity index (χ1n) is 12.1. The Morgan fingerprint density at radius 3 is 2.49 bits per heavy atom. The van der Waals surface area contributed by atoms with Crippen LogP contribution in [0.15, 0.2) is 28.9 Å². The van der Waals surface area contributed by atoms with Gasteiger partial charge in [-0.25, -0.2) is 18.7 Å². The van der Waals surface area contributed by atoms with E-state index in [0.29, 0.717) is 38.8 Å². The average Bonchev–Trinajstić information content (AvgIpc) is 3.57. The molecule has 6 rings (SSSR count). The van der Waals surface area contributed by atoms with Gasteiger partial charge in [0.25, 0.3) is 0 Å². The minimum absolute atomic E-state index is 0.0432. The van der Waals surface area contributed by atoms with Crippen molar-refractivity contribution in [3.05, 3.63) is 52.4 Å². The number of halogens is 2. The van der Waals surface area contributed by atoms with Crippen LogP contribution in [0.3, 0.4) is 0 Å².